The Morgan fingerprint density at radius 3 is 1.97 bits per heavy atom. The number of Topliss-reactive ketones (excluding diaryl/α,β-unsaturated/α-hetero) is 2. The zero-order chi connectivity index (χ0) is 21.5. The quantitative estimate of drug-likeness (QED) is 0.567. The highest BCUT2D eigenvalue weighted by Gasteiger charge is 2.45. The molecule has 0 N–H and O–H groups in total. The van der Waals surface area contributed by atoms with Gasteiger partial charge in [0.2, 0.25) is 5.91 Å². The topological polar surface area (TPSA) is 54.5 Å². The number of carbonyl (C=O) groups is 3. The first kappa shape index (κ1) is 21.3. The number of carbonyl (C=O) groups excluding carboxylic acids is 3. The molecule has 0 unspecified atom stereocenters. The number of rotatable bonds is 2. The van der Waals surface area contributed by atoms with E-state index < -0.39 is 11.3 Å². The second-order valence-electron chi connectivity index (χ2n) is 9.65. The van der Waals surface area contributed by atoms with Crippen molar-refractivity contribution in [2.45, 2.75) is 60.3 Å². The number of amides is 1. The lowest BCUT2D eigenvalue weighted by atomic mass is 9.69. The van der Waals surface area contributed by atoms with Gasteiger partial charge in [0.15, 0.2) is 0 Å². The molecule has 0 radical (unpaired) electrons. The number of nitrogens with zero attached hydrogens (tertiary/aromatic N) is 1. The summed E-state index contributed by atoms with van der Waals surface area (Å²) in [4.78, 5) is 40.3. The molecule has 1 saturated heterocycles. The standard InChI is InChI=1S/C25H31NO3/c1-7-8-17-9-15(2)22(16(3)10-17)23-20(27)11-18(12-21(23)28)19-13-26(14-19)24(29)25(4,5)6/h9-10,18-19,23H,11-14H2,1-6H3. The average molecular weight is 394 g/mol. The molecule has 4 heteroatoms. The van der Waals surface area contributed by atoms with E-state index in [-0.39, 0.29) is 29.3 Å². The Morgan fingerprint density at radius 2 is 1.52 bits per heavy atom. The van der Waals surface area contributed by atoms with E-state index in [0.717, 1.165) is 22.3 Å². The zero-order valence-electron chi connectivity index (χ0n) is 18.4. The number of likely N-dealkylation sites (tertiary alicyclic amines) is 1. The number of hydrogen-bond acceptors (Lipinski definition) is 3. The third-order valence-corrected chi connectivity index (χ3v) is 6.23. The zero-order valence-corrected chi connectivity index (χ0v) is 18.4. The lowest BCUT2D eigenvalue weighted by molar-refractivity contribution is -0.148. The Morgan fingerprint density at radius 1 is 1.00 bits per heavy atom. The van der Waals surface area contributed by atoms with E-state index in [4.69, 9.17) is 0 Å². The monoisotopic (exact) mass is 393 g/mol. The van der Waals surface area contributed by atoms with E-state index in [1.807, 2.05) is 51.7 Å². The van der Waals surface area contributed by atoms with Crippen molar-refractivity contribution in [3.8, 4) is 11.8 Å². The van der Waals surface area contributed by atoms with Gasteiger partial charge in [-0.05, 0) is 61.4 Å². The van der Waals surface area contributed by atoms with Crippen LogP contribution in [-0.2, 0) is 14.4 Å². The predicted octanol–water partition coefficient (Wildman–Crippen LogP) is 3.81. The highest BCUT2D eigenvalue weighted by atomic mass is 16.2. The molecular weight excluding hydrogens is 362 g/mol. The minimum atomic E-state index is -0.651. The molecule has 1 aliphatic carbocycles. The van der Waals surface area contributed by atoms with Crippen LogP contribution >= 0.6 is 0 Å². The Kier molecular flexibility index (Phi) is 5.72. The van der Waals surface area contributed by atoms with Gasteiger partial charge in [-0.2, -0.15) is 0 Å². The highest BCUT2D eigenvalue weighted by Crippen LogP contribution is 2.40. The van der Waals surface area contributed by atoms with Crippen molar-refractivity contribution in [2.24, 2.45) is 17.3 Å². The van der Waals surface area contributed by atoms with Crippen LogP contribution in [0.1, 0.15) is 68.7 Å². The Balaban J connectivity index is 1.72. The molecule has 29 heavy (non-hydrogen) atoms. The van der Waals surface area contributed by atoms with Gasteiger partial charge in [0.05, 0.1) is 0 Å². The number of aryl methyl sites for hydroxylation is 2. The fourth-order valence-electron chi connectivity index (χ4n) is 4.76. The van der Waals surface area contributed by atoms with Gasteiger partial charge in [0, 0.05) is 36.9 Å². The molecule has 1 amide bonds. The van der Waals surface area contributed by atoms with Gasteiger partial charge in [-0.15, -0.1) is 5.92 Å². The minimum Gasteiger partial charge on any atom is -0.342 e. The fourth-order valence-corrected chi connectivity index (χ4v) is 4.76. The van der Waals surface area contributed by atoms with Crippen LogP contribution in [0.4, 0.5) is 0 Å². The molecule has 3 rings (SSSR count). The van der Waals surface area contributed by atoms with Crippen molar-refractivity contribution in [1.82, 2.24) is 4.90 Å². The molecule has 1 aromatic carbocycles. The van der Waals surface area contributed by atoms with Gasteiger partial charge in [-0.25, -0.2) is 0 Å². The molecular formula is C25H31NO3. The van der Waals surface area contributed by atoms with Crippen LogP contribution in [0.25, 0.3) is 0 Å². The maximum atomic E-state index is 13.0. The molecule has 4 nitrogen and oxygen atoms in total. The third kappa shape index (κ3) is 4.15. The smallest absolute Gasteiger partial charge is 0.227 e. The van der Waals surface area contributed by atoms with Crippen molar-refractivity contribution < 1.29 is 14.4 Å². The maximum Gasteiger partial charge on any atom is 0.227 e. The molecule has 1 saturated carbocycles. The summed E-state index contributed by atoms with van der Waals surface area (Å²) in [7, 11) is 0. The lowest BCUT2D eigenvalue weighted by Gasteiger charge is -2.46. The summed E-state index contributed by atoms with van der Waals surface area (Å²) in [6.45, 7) is 12.8. The largest absolute Gasteiger partial charge is 0.342 e. The fraction of sp³-hybridized carbons (Fsp3) is 0.560. The number of benzene rings is 1. The average Bonchev–Trinajstić information content (AvgIpc) is 2.54. The predicted molar refractivity (Wildman–Crippen MR) is 113 cm³/mol. The summed E-state index contributed by atoms with van der Waals surface area (Å²) < 4.78 is 0. The van der Waals surface area contributed by atoms with Crippen LogP contribution in [0.3, 0.4) is 0 Å². The summed E-state index contributed by atoms with van der Waals surface area (Å²) in [5.74, 6) is 5.78. The van der Waals surface area contributed by atoms with E-state index >= 15 is 0 Å². The SMILES string of the molecule is CC#Cc1cc(C)c(C2C(=O)CC(C3CN(C(=O)C(C)(C)C)C3)CC2=O)c(C)c1. The first-order valence-corrected chi connectivity index (χ1v) is 10.4. The van der Waals surface area contributed by atoms with Gasteiger partial charge in [-0.1, -0.05) is 26.7 Å². The van der Waals surface area contributed by atoms with Crippen LogP contribution in [0.2, 0.25) is 0 Å². The van der Waals surface area contributed by atoms with Gasteiger partial charge in [0.1, 0.15) is 17.5 Å². The first-order valence-electron chi connectivity index (χ1n) is 10.4. The molecule has 2 aliphatic rings. The molecule has 1 heterocycles. The minimum absolute atomic E-state index is 0.0207. The van der Waals surface area contributed by atoms with Gasteiger partial charge >= 0.3 is 0 Å². The van der Waals surface area contributed by atoms with E-state index in [1.165, 1.54) is 0 Å². The van der Waals surface area contributed by atoms with E-state index in [2.05, 4.69) is 11.8 Å². The van der Waals surface area contributed by atoms with E-state index in [1.54, 1.807) is 6.92 Å². The molecule has 0 bridgehead atoms. The van der Waals surface area contributed by atoms with Crippen LogP contribution in [0.15, 0.2) is 12.1 Å². The summed E-state index contributed by atoms with van der Waals surface area (Å²) >= 11 is 0. The molecule has 1 aromatic rings. The van der Waals surface area contributed by atoms with Gasteiger partial charge in [0.25, 0.3) is 0 Å². The summed E-state index contributed by atoms with van der Waals surface area (Å²) in [6, 6.07) is 3.93. The van der Waals surface area contributed by atoms with E-state index in [9.17, 15) is 14.4 Å². The summed E-state index contributed by atoms with van der Waals surface area (Å²) in [5.41, 5.74) is 3.30. The second kappa shape index (κ2) is 7.78. The van der Waals surface area contributed by atoms with E-state index in [0.29, 0.717) is 25.9 Å². The van der Waals surface area contributed by atoms with Crippen LogP contribution in [0.5, 0.6) is 0 Å². The lowest BCUT2D eigenvalue weighted by Crippen LogP contribution is -2.56. The number of hydrogen-bond donors (Lipinski definition) is 0. The molecule has 2 fully saturated rings. The van der Waals surface area contributed by atoms with Gasteiger partial charge in [-0.3, -0.25) is 14.4 Å². The molecule has 0 spiro atoms. The Labute approximate surface area is 174 Å². The highest BCUT2D eigenvalue weighted by molar-refractivity contribution is 6.10. The maximum absolute atomic E-state index is 13.0. The van der Waals surface area contributed by atoms with Crippen LogP contribution in [-0.4, -0.2) is 35.5 Å². The van der Waals surface area contributed by atoms with Crippen molar-refractivity contribution in [1.29, 1.82) is 0 Å². The number of ketones is 2. The molecule has 154 valence electrons. The summed E-state index contributed by atoms with van der Waals surface area (Å²) in [6.07, 6.45) is 0.849. The van der Waals surface area contributed by atoms with Crippen molar-refractivity contribution >= 4 is 17.5 Å². The first-order chi connectivity index (χ1) is 13.5. The molecule has 0 atom stereocenters. The molecule has 1 aliphatic heterocycles. The van der Waals surface area contributed by atoms with Gasteiger partial charge < -0.3 is 4.90 Å². The van der Waals surface area contributed by atoms with Crippen LogP contribution < -0.4 is 0 Å². The van der Waals surface area contributed by atoms with Crippen molar-refractivity contribution in [2.75, 3.05) is 13.1 Å². The summed E-state index contributed by atoms with van der Waals surface area (Å²) in [5, 5.41) is 0. The molecule has 0 aromatic heterocycles. The second-order valence-corrected chi connectivity index (χ2v) is 9.65. The van der Waals surface area contributed by atoms with Crippen molar-refractivity contribution in [3.63, 3.8) is 0 Å². The van der Waals surface area contributed by atoms with Crippen molar-refractivity contribution in [3.05, 3.63) is 34.4 Å². The Hall–Kier alpha value is -2.41. The normalized spacial score (nSPS) is 22.8. The van der Waals surface area contributed by atoms with Crippen LogP contribution in [0, 0.1) is 42.9 Å². The third-order valence-electron chi connectivity index (χ3n) is 6.23. The Bertz CT molecular complexity index is 879.